The van der Waals surface area contributed by atoms with Gasteiger partial charge in [-0.1, -0.05) is 59.7 Å². The van der Waals surface area contributed by atoms with Gasteiger partial charge in [0.1, 0.15) is 5.69 Å². The van der Waals surface area contributed by atoms with E-state index in [1.165, 1.54) is 0 Å². The molecule has 1 aliphatic heterocycles. The second-order valence-electron chi connectivity index (χ2n) is 8.31. The van der Waals surface area contributed by atoms with E-state index in [2.05, 4.69) is 25.5 Å². The molecule has 0 bridgehead atoms. The van der Waals surface area contributed by atoms with Crippen LogP contribution >= 0.6 is 0 Å². The fraction of sp³-hybridized carbons (Fsp3) is 0.192. The molecule has 2 N–H and O–H groups in total. The molecule has 4 aromatic rings. The summed E-state index contributed by atoms with van der Waals surface area (Å²) in [4.78, 5) is 21.6. The van der Waals surface area contributed by atoms with Gasteiger partial charge in [-0.3, -0.25) is 14.8 Å². The van der Waals surface area contributed by atoms with Crippen LogP contribution in [0.1, 0.15) is 27.8 Å². The Morgan fingerprint density at radius 2 is 1.81 bits per heavy atom. The van der Waals surface area contributed by atoms with E-state index in [-0.39, 0.29) is 41.8 Å². The number of carbonyl (C=O) groups is 1. The zero-order valence-corrected chi connectivity index (χ0v) is 19.2. The van der Waals surface area contributed by atoms with Crippen molar-refractivity contribution in [2.75, 3.05) is 11.9 Å². The Bertz CT molecular complexity index is 1470. The molecule has 1 aliphatic rings. The van der Waals surface area contributed by atoms with Crippen molar-refractivity contribution in [1.82, 2.24) is 15.2 Å². The highest BCUT2D eigenvalue weighted by molar-refractivity contribution is 6.16. The van der Waals surface area contributed by atoms with Crippen LogP contribution < -0.4 is 5.32 Å². The molecule has 188 valence electrons. The molecule has 0 radical (unpaired) electrons. The van der Waals surface area contributed by atoms with Crippen LogP contribution in [0.5, 0.6) is 0 Å². The minimum Gasteiger partial charge on any atom is -0.402 e. The number of rotatable bonds is 6. The second-order valence-corrected chi connectivity index (χ2v) is 8.31. The summed E-state index contributed by atoms with van der Waals surface area (Å²) in [5, 5.41) is 19.9. The molecule has 0 unspecified atom stereocenters. The molecule has 11 heteroatoms. The number of Topliss-reactive ketones (excluding diaryl/α,β-unsaturated/α-hetero) is 1. The smallest absolute Gasteiger partial charge is 0.402 e. The Morgan fingerprint density at radius 1 is 1.05 bits per heavy atom. The summed E-state index contributed by atoms with van der Waals surface area (Å²) < 4.78 is 45.0. The van der Waals surface area contributed by atoms with Gasteiger partial charge in [0.2, 0.25) is 0 Å². The van der Waals surface area contributed by atoms with Crippen LogP contribution in [0.15, 0.2) is 76.3 Å². The van der Waals surface area contributed by atoms with E-state index in [1.807, 2.05) is 54.6 Å². The summed E-state index contributed by atoms with van der Waals surface area (Å²) in [5.41, 5.74) is 2.25. The van der Waals surface area contributed by atoms with Crippen molar-refractivity contribution < 1.29 is 27.5 Å². The van der Waals surface area contributed by atoms with Crippen LogP contribution in [0.25, 0.3) is 11.6 Å². The van der Waals surface area contributed by atoms with Gasteiger partial charge >= 0.3 is 12.2 Å². The molecule has 0 amide bonds. The molecule has 8 nitrogen and oxygen atoms in total. The number of hydrogen-bond donors (Lipinski definition) is 2. The largest absolute Gasteiger partial charge is 0.417 e. The highest BCUT2D eigenvalue weighted by atomic mass is 19.4. The number of nitrogens with zero attached hydrogens (tertiary/aromatic N) is 4. The molecular formula is C26H20F3N5O3. The molecule has 5 rings (SSSR count). The lowest BCUT2D eigenvalue weighted by molar-refractivity contribution is -0.137. The van der Waals surface area contributed by atoms with Gasteiger partial charge in [0, 0.05) is 30.4 Å². The van der Waals surface area contributed by atoms with Crippen molar-refractivity contribution in [2.45, 2.75) is 25.2 Å². The first-order chi connectivity index (χ1) is 17.8. The first kappa shape index (κ1) is 24.3. The number of aliphatic hydroxyl groups is 1. The zero-order valence-electron chi connectivity index (χ0n) is 19.2. The summed E-state index contributed by atoms with van der Waals surface area (Å²) in [6, 6.07) is 17.7. The lowest BCUT2D eigenvalue weighted by Crippen LogP contribution is -2.29. The molecule has 0 spiro atoms. The van der Waals surface area contributed by atoms with E-state index in [0.29, 0.717) is 11.9 Å². The van der Waals surface area contributed by atoms with E-state index in [9.17, 15) is 23.1 Å². The third-order valence-corrected chi connectivity index (χ3v) is 5.81. The van der Waals surface area contributed by atoms with E-state index in [4.69, 9.17) is 4.42 Å². The van der Waals surface area contributed by atoms with Crippen molar-refractivity contribution in [2.24, 2.45) is 4.99 Å². The number of aromatic nitrogens is 3. The van der Waals surface area contributed by atoms with Gasteiger partial charge in [0.05, 0.1) is 11.3 Å². The van der Waals surface area contributed by atoms with E-state index >= 15 is 0 Å². The van der Waals surface area contributed by atoms with Crippen LogP contribution in [-0.2, 0) is 23.8 Å². The summed E-state index contributed by atoms with van der Waals surface area (Å²) in [5.74, 6) is -0.386. The van der Waals surface area contributed by atoms with Gasteiger partial charge in [-0.15, -0.1) is 5.10 Å². The number of aliphatic imine (C=N–C) groups is 1. The lowest BCUT2D eigenvalue weighted by Gasteiger charge is -2.12. The van der Waals surface area contributed by atoms with Crippen molar-refractivity contribution in [3.63, 3.8) is 0 Å². The van der Waals surface area contributed by atoms with E-state index < -0.39 is 24.5 Å². The topological polar surface area (TPSA) is 114 Å². The lowest BCUT2D eigenvalue weighted by atomic mass is 9.96. The minimum atomic E-state index is -4.59. The van der Waals surface area contributed by atoms with Crippen LogP contribution in [0, 0.1) is 0 Å². The van der Waals surface area contributed by atoms with E-state index in [1.54, 1.807) is 0 Å². The number of benzene rings is 2. The second kappa shape index (κ2) is 9.94. The monoisotopic (exact) mass is 507 g/mol. The first-order valence-corrected chi connectivity index (χ1v) is 11.3. The Kier molecular flexibility index (Phi) is 6.53. The number of halogens is 3. The number of fused-ring (bicyclic) bond motifs is 1. The Morgan fingerprint density at radius 3 is 2.57 bits per heavy atom. The van der Waals surface area contributed by atoms with Crippen molar-refractivity contribution >= 4 is 17.5 Å². The van der Waals surface area contributed by atoms with Crippen molar-refractivity contribution in [3.05, 3.63) is 94.7 Å². The number of ketones is 1. The minimum absolute atomic E-state index is 0.00988. The summed E-state index contributed by atoms with van der Waals surface area (Å²) in [7, 11) is 0. The maximum Gasteiger partial charge on any atom is 0.417 e. The molecule has 0 fully saturated rings. The highest BCUT2D eigenvalue weighted by Crippen LogP contribution is 2.32. The van der Waals surface area contributed by atoms with Crippen molar-refractivity contribution in [3.8, 4) is 11.6 Å². The molecule has 0 saturated heterocycles. The standard InChI is InChI=1S/C26H20F3N5O3/c27-26(28,29)18-12-17(10-11-35)22(30-14-18)24-33-34-25(37-24)32-23-20(36)13-16-8-4-5-9-19(16)21(31-23)15-6-2-1-3-7-15/h1-9,12,14,23,35H,10-11,13H2,(H,32,34)/t23-/m1/s1. The number of aliphatic hydroxyl groups excluding tert-OH is 1. The van der Waals surface area contributed by atoms with Gasteiger partial charge in [0.15, 0.2) is 11.9 Å². The normalized spacial score (nSPS) is 15.6. The summed E-state index contributed by atoms with van der Waals surface area (Å²) >= 11 is 0. The fourth-order valence-corrected chi connectivity index (χ4v) is 4.06. The Labute approximate surface area is 208 Å². The average Bonchev–Trinajstić information content (AvgIpc) is 3.30. The van der Waals surface area contributed by atoms with Crippen LogP contribution in [0.2, 0.25) is 0 Å². The fourth-order valence-electron chi connectivity index (χ4n) is 4.06. The molecule has 2 aromatic carbocycles. The van der Waals surface area contributed by atoms with Crippen LogP contribution in [0.3, 0.4) is 0 Å². The molecule has 2 aromatic heterocycles. The predicted octanol–water partition coefficient (Wildman–Crippen LogP) is 4.09. The third kappa shape index (κ3) is 5.12. The SMILES string of the molecule is O=C1Cc2ccccc2C(c2ccccc2)=N[C@@H]1Nc1nnc(-c2ncc(C(F)(F)F)cc2CCO)o1. The van der Waals surface area contributed by atoms with Crippen molar-refractivity contribution in [1.29, 1.82) is 0 Å². The molecule has 1 atom stereocenters. The Balaban J connectivity index is 1.48. The van der Waals surface area contributed by atoms with Crippen LogP contribution in [-0.4, -0.2) is 44.6 Å². The summed E-state index contributed by atoms with van der Waals surface area (Å²) in [6.07, 6.45) is -4.95. The maximum absolute atomic E-state index is 13.1. The number of pyridine rings is 1. The molecule has 37 heavy (non-hydrogen) atoms. The number of alkyl halides is 3. The number of carbonyl (C=O) groups excluding carboxylic acids is 1. The van der Waals surface area contributed by atoms with Gasteiger partial charge in [0.25, 0.3) is 5.89 Å². The zero-order chi connectivity index (χ0) is 26.0. The third-order valence-electron chi connectivity index (χ3n) is 5.81. The van der Waals surface area contributed by atoms with Gasteiger partial charge in [-0.05, 0) is 23.6 Å². The molecule has 0 saturated carbocycles. The first-order valence-electron chi connectivity index (χ1n) is 11.3. The molecule has 0 aliphatic carbocycles. The van der Waals surface area contributed by atoms with E-state index in [0.717, 1.165) is 22.8 Å². The Hall–Kier alpha value is -4.38. The maximum atomic E-state index is 13.1. The molecular weight excluding hydrogens is 487 g/mol. The highest BCUT2D eigenvalue weighted by Gasteiger charge is 2.32. The summed E-state index contributed by atoms with van der Waals surface area (Å²) in [6.45, 7) is -0.399. The number of anilines is 1. The van der Waals surface area contributed by atoms with Gasteiger partial charge < -0.3 is 14.8 Å². The van der Waals surface area contributed by atoms with Gasteiger partial charge in [-0.25, -0.2) is 0 Å². The quantitative estimate of drug-likeness (QED) is 0.404. The predicted molar refractivity (Wildman–Crippen MR) is 128 cm³/mol. The van der Waals surface area contributed by atoms with Gasteiger partial charge in [-0.2, -0.15) is 13.2 Å². The number of hydrogen-bond acceptors (Lipinski definition) is 8. The van der Waals surface area contributed by atoms with Crippen LogP contribution in [0.4, 0.5) is 19.2 Å². The molecule has 3 heterocycles. The number of nitrogens with one attached hydrogen (secondary N) is 1. The average molecular weight is 507 g/mol.